The van der Waals surface area contributed by atoms with Crippen molar-refractivity contribution in [3.8, 4) is 12.3 Å². The zero-order valence-electron chi connectivity index (χ0n) is 3.90. The molecule has 0 aliphatic rings. The highest BCUT2D eigenvalue weighted by Crippen LogP contribution is 1.47. The molecule has 1 radical (unpaired) electrons. The fourth-order valence-electron chi connectivity index (χ4n) is 0.186. The predicted molar refractivity (Wildman–Crippen MR) is 27.4 cm³/mol. The van der Waals surface area contributed by atoms with Crippen molar-refractivity contribution in [2.45, 2.75) is 0 Å². The molecule has 0 saturated heterocycles. The van der Waals surface area contributed by atoms with Gasteiger partial charge in [0.15, 0.2) is 0 Å². The lowest BCUT2D eigenvalue weighted by Crippen LogP contribution is -2.15. The zero-order chi connectivity index (χ0) is 5.54. The van der Waals surface area contributed by atoms with Gasteiger partial charge < -0.3 is 0 Å². The minimum atomic E-state index is 0.226. The fourth-order valence-corrected chi connectivity index (χ4v) is 0.186. The minimum absolute atomic E-state index is 0.226. The molecule has 0 amide bonds. The molecule has 0 aromatic rings. The van der Waals surface area contributed by atoms with E-state index in [1.807, 2.05) is 0 Å². The average molecular weight is 96.1 g/mol. The third kappa shape index (κ3) is 5.19. The van der Waals surface area contributed by atoms with Crippen LogP contribution in [0.25, 0.3) is 0 Å². The van der Waals surface area contributed by atoms with Crippen molar-refractivity contribution >= 4 is 6.29 Å². The summed E-state index contributed by atoms with van der Waals surface area (Å²) in [7, 11) is 0. The Labute approximate surface area is 42.9 Å². The van der Waals surface area contributed by atoms with Crippen molar-refractivity contribution in [3.05, 3.63) is 0 Å². The Kier molecular flexibility index (Phi) is 4.59. The smallest absolute Gasteiger partial charge is 0.213 e. The Morgan fingerprint density at radius 3 is 2.71 bits per heavy atom. The molecular weight excluding hydrogens is 90.1 g/mol. The Hall–Kier alpha value is -0.810. The van der Waals surface area contributed by atoms with E-state index in [0.29, 0.717) is 6.54 Å². The quantitative estimate of drug-likeness (QED) is 0.372. The molecule has 0 aliphatic heterocycles. The molecular formula is C5H6NO. The number of nitrogens with one attached hydrogen (secondary N) is 1. The second-order valence-electron chi connectivity index (χ2n) is 0.952. The van der Waals surface area contributed by atoms with E-state index in [9.17, 15) is 4.79 Å². The molecule has 0 aromatic heterocycles. The fraction of sp³-hybridized carbons (Fsp3) is 0.400. The average Bonchev–Trinajstić information content (AvgIpc) is 1.69. The van der Waals surface area contributed by atoms with Crippen LogP contribution in [-0.4, -0.2) is 19.4 Å². The standard InChI is InChI=1S/C5H6NO/c1-2-3-6-4-5-7/h1,6H,3-4H2. The monoisotopic (exact) mass is 96.0 g/mol. The molecule has 0 heterocycles. The number of terminal acetylenes is 1. The second-order valence-corrected chi connectivity index (χ2v) is 0.952. The maximum atomic E-state index is 9.42. The summed E-state index contributed by atoms with van der Waals surface area (Å²) >= 11 is 0. The Bertz CT molecular complexity index is 82.6. The largest absolute Gasteiger partial charge is 0.299 e. The van der Waals surface area contributed by atoms with Crippen LogP contribution in [0.2, 0.25) is 0 Å². The molecule has 0 atom stereocenters. The molecule has 1 N–H and O–H groups in total. The lowest BCUT2D eigenvalue weighted by molar-refractivity contribution is 0.551. The van der Waals surface area contributed by atoms with Crippen LogP contribution < -0.4 is 5.32 Å². The van der Waals surface area contributed by atoms with Gasteiger partial charge in [0.05, 0.1) is 13.1 Å². The third-order valence-electron chi connectivity index (χ3n) is 0.424. The number of hydrogen-bond acceptors (Lipinski definition) is 2. The molecule has 7 heavy (non-hydrogen) atoms. The Morgan fingerprint density at radius 2 is 2.29 bits per heavy atom. The van der Waals surface area contributed by atoms with E-state index < -0.39 is 0 Å². The van der Waals surface area contributed by atoms with E-state index in [1.54, 1.807) is 6.29 Å². The normalized spacial score (nSPS) is 7.29. The zero-order valence-corrected chi connectivity index (χ0v) is 3.90. The van der Waals surface area contributed by atoms with Gasteiger partial charge in [-0.25, -0.2) is 0 Å². The number of rotatable bonds is 3. The van der Waals surface area contributed by atoms with Gasteiger partial charge in [-0.15, -0.1) is 6.42 Å². The summed E-state index contributed by atoms with van der Waals surface area (Å²) in [5, 5.41) is 2.62. The van der Waals surface area contributed by atoms with Crippen LogP contribution in [0.15, 0.2) is 0 Å². The molecule has 37 valence electrons. The van der Waals surface area contributed by atoms with Crippen molar-refractivity contribution in [2.75, 3.05) is 13.1 Å². The molecule has 2 nitrogen and oxygen atoms in total. The van der Waals surface area contributed by atoms with Crippen molar-refractivity contribution < 1.29 is 4.79 Å². The van der Waals surface area contributed by atoms with Crippen LogP contribution in [0.5, 0.6) is 0 Å². The Balaban J connectivity index is 2.72. The predicted octanol–water partition coefficient (Wildman–Crippen LogP) is -0.681. The third-order valence-corrected chi connectivity index (χ3v) is 0.424. The first kappa shape index (κ1) is 6.19. The minimum Gasteiger partial charge on any atom is -0.299 e. The first-order chi connectivity index (χ1) is 3.41. The molecule has 2 heteroatoms. The van der Waals surface area contributed by atoms with Crippen molar-refractivity contribution in [1.29, 1.82) is 0 Å². The van der Waals surface area contributed by atoms with Gasteiger partial charge in [-0.2, -0.15) is 0 Å². The summed E-state index contributed by atoms with van der Waals surface area (Å²) < 4.78 is 0. The summed E-state index contributed by atoms with van der Waals surface area (Å²) in [5.41, 5.74) is 0. The van der Waals surface area contributed by atoms with E-state index in [0.717, 1.165) is 0 Å². The lowest BCUT2D eigenvalue weighted by Gasteiger charge is -1.84. The topological polar surface area (TPSA) is 29.1 Å². The van der Waals surface area contributed by atoms with E-state index in [-0.39, 0.29) is 6.54 Å². The van der Waals surface area contributed by atoms with Crippen LogP contribution >= 0.6 is 0 Å². The van der Waals surface area contributed by atoms with Gasteiger partial charge in [0, 0.05) is 0 Å². The highest BCUT2D eigenvalue weighted by molar-refractivity contribution is 5.52. The van der Waals surface area contributed by atoms with Crippen LogP contribution in [0.1, 0.15) is 0 Å². The molecule has 0 aliphatic carbocycles. The van der Waals surface area contributed by atoms with Gasteiger partial charge in [-0.1, -0.05) is 5.92 Å². The maximum Gasteiger partial charge on any atom is 0.213 e. The Morgan fingerprint density at radius 1 is 1.57 bits per heavy atom. The van der Waals surface area contributed by atoms with Gasteiger partial charge >= 0.3 is 0 Å². The van der Waals surface area contributed by atoms with Gasteiger partial charge in [-0.05, 0) is 0 Å². The second kappa shape index (κ2) is 5.19. The van der Waals surface area contributed by atoms with Gasteiger partial charge in [0.2, 0.25) is 6.29 Å². The van der Waals surface area contributed by atoms with Gasteiger partial charge in [-0.3, -0.25) is 10.1 Å². The highest BCUT2D eigenvalue weighted by Gasteiger charge is 1.74. The highest BCUT2D eigenvalue weighted by atomic mass is 16.1. The van der Waals surface area contributed by atoms with Gasteiger partial charge in [0.25, 0.3) is 0 Å². The summed E-state index contributed by atoms with van der Waals surface area (Å²) in [6, 6.07) is 0. The van der Waals surface area contributed by atoms with Gasteiger partial charge in [0.1, 0.15) is 0 Å². The van der Waals surface area contributed by atoms with Crippen LogP contribution in [0.4, 0.5) is 0 Å². The SMILES string of the molecule is C#CCNC[C]=O. The first-order valence-corrected chi connectivity index (χ1v) is 1.91. The first-order valence-electron chi connectivity index (χ1n) is 1.91. The van der Waals surface area contributed by atoms with E-state index in [2.05, 4.69) is 11.2 Å². The summed E-state index contributed by atoms with van der Waals surface area (Å²) in [4.78, 5) is 9.42. The van der Waals surface area contributed by atoms with Crippen LogP contribution in [0, 0.1) is 12.3 Å². The van der Waals surface area contributed by atoms with E-state index in [1.165, 1.54) is 0 Å². The van der Waals surface area contributed by atoms with Crippen molar-refractivity contribution in [2.24, 2.45) is 0 Å². The van der Waals surface area contributed by atoms with Crippen LogP contribution in [-0.2, 0) is 4.79 Å². The summed E-state index contributed by atoms with van der Waals surface area (Å²) in [5.74, 6) is 2.31. The van der Waals surface area contributed by atoms with Crippen LogP contribution in [0.3, 0.4) is 0 Å². The lowest BCUT2D eigenvalue weighted by atomic mass is 10.6. The summed E-state index contributed by atoms with van der Waals surface area (Å²) in [6.45, 7) is 0.666. The molecule has 0 saturated carbocycles. The van der Waals surface area contributed by atoms with E-state index in [4.69, 9.17) is 6.42 Å². The van der Waals surface area contributed by atoms with Crippen molar-refractivity contribution in [3.63, 3.8) is 0 Å². The molecule has 0 rings (SSSR count). The molecule has 0 unspecified atom stereocenters. The molecule has 0 bridgehead atoms. The molecule has 0 aromatic carbocycles. The summed E-state index contributed by atoms with van der Waals surface area (Å²) in [6.07, 6.45) is 6.47. The number of carbonyl (C=O) groups excluding carboxylic acids is 1. The maximum absolute atomic E-state index is 9.42. The van der Waals surface area contributed by atoms with E-state index >= 15 is 0 Å². The number of hydrogen-bond donors (Lipinski definition) is 1. The molecule has 0 spiro atoms. The molecule has 0 fully saturated rings. The van der Waals surface area contributed by atoms with Crippen molar-refractivity contribution in [1.82, 2.24) is 5.32 Å².